The molecule has 0 aromatic carbocycles. The number of carbonyl (C=O) groups excluding carboxylic acids is 10. The van der Waals surface area contributed by atoms with E-state index in [0.717, 1.165) is 0 Å². The number of rotatable bonds is 16. The average molecular weight is 989 g/mol. The summed E-state index contributed by atoms with van der Waals surface area (Å²) in [5, 5.41) is 4.95. The number of piperazine rings is 5. The van der Waals surface area contributed by atoms with Crippen molar-refractivity contribution < 1.29 is 47.9 Å². The van der Waals surface area contributed by atoms with Gasteiger partial charge in [-0.3, -0.25) is 47.9 Å². The van der Waals surface area contributed by atoms with E-state index in [1.165, 1.54) is 39.2 Å². The summed E-state index contributed by atoms with van der Waals surface area (Å²) in [5.41, 5.74) is 0. The fourth-order valence-electron chi connectivity index (χ4n) is 7.85. The van der Waals surface area contributed by atoms with Crippen molar-refractivity contribution in [2.24, 2.45) is 0 Å². The molecule has 4 atom stereocenters. The number of hydrogen-bond donors (Lipinski definition) is 2. The highest BCUT2D eigenvalue weighted by Crippen LogP contribution is 2.23. The minimum atomic E-state index is -2.98. The molecule has 0 aliphatic carbocycles. The van der Waals surface area contributed by atoms with E-state index in [2.05, 4.69) is 10.6 Å². The van der Waals surface area contributed by atoms with Crippen LogP contribution in [0.4, 0.5) is 0 Å². The summed E-state index contributed by atoms with van der Waals surface area (Å²) in [5.74, 6) is -3.30. The van der Waals surface area contributed by atoms with Crippen molar-refractivity contribution in [3.05, 3.63) is 0 Å². The quantitative estimate of drug-likeness (QED) is 0.115. The van der Waals surface area contributed by atoms with Gasteiger partial charge in [0.25, 0.3) is 0 Å². The highest BCUT2D eigenvalue weighted by Gasteiger charge is 2.45. The summed E-state index contributed by atoms with van der Waals surface area (Å²) in [6.07, 6.45) is 0.584. The molecule has 0 aromatic heterocycles. The van der Waals surface area contributed by atoms with Crippen LogP contribution in [-0.4, -0.2) is 243 Å². The predicted molar refractivity (Wildman–Crippen MR) is 229 cm³/mol. The summed E-state index contributed by atoms with van der Waals surface area (Å²) < 4.78 is 0. The van der Waals surface area contributed by atoms with Gasteiger partial charge in [0.15, 0.2) is 29.5 Å². The maximum Gasteiger partial charge on any atom is 0.242 e. The number of nitrogens with zero attached hydrogens (tertiary/aromatic N) is 8. The van der Waals surface area contributed by atoms with E-state index in [1.54, 1.807) is 26.2 Å². The summed E-state index contributed by atoms with van der Waals surface area (Å²) in [6.45, 7) is 4.97. The van der Waals surface area contributed by atoms with Gasteiger partial charge in [-0.2, -0.15) is 44.3 Å². The van der Waals surface area contributed by atoms with Gasteiger partial charge in [0, 0.05) is 49.3 Å². The zero-order valence-corrected chi connectivity index (χ0v) is 40.9. The molecule has 28 heteroatoms. The third kappa shape index (κ3) is 12.9. The first-order chi connectivity index (χ1) is 27.7. The minimum absolute atomic E-state index is 0.0309. The molecule has 60 heavy (non-hydrogen) atoms. The van der Waals surface area contributed by atoms with Gasteiger partial charge in [-0.05, 0) is 0 Å². The van der Waals surface area contributed by atoms with Gasteiger partial charge in [-0.25, -0.2) is 0 Å². The maximum absolute atomic E-state index is 13.4. The minimum Gasteiger partial charge on any atom is -0.345 e. The topological polar surface area (TPSA) is 221 Å². The lowest BCUT2D eigenvalue weighted by Gasteiger charge is -2.42. The molecule has 2 N–H and O–H groups in total. The summed E-state index contributed by atoms with van der Waals surface area (Å²) in [7, 11) is -11.6. The van der Waals surface area contributed by atoms with Gasteiger partial charge in [0.1, 0.15) is 0 Å². The van der Waals surface area contributed by atoms with E-state index < -0.39 is 29.5 Å². The second-order valence-electron chi connectivity index (χ2n) is 17.2. The standard InChI is InChI=1S/C32H50Cl4N10O10Si4/c1-57(33,15-39-7-23(47)37-5-25(39)49)17-41-9-29(53)43(11-27(41)51)19-59(3,35)21-45-13-32(56)46(14-31(45)55)22-60(4,36)20-44-12-28(52)42(10-30(44)54)18-58(2,34)16-40-8-24(48)38-6-26(40)50/h5-22H2,1-4H3,(H,37,47)(H,38,48). The third-order valence-electron chi connectivity index (χ3n) is 10.5. The molecule has 0 bridgehead atoms. The second-order valence-corrected chi connectivity index (χ2v) is 42.0. The van der Waals surface area contributed by atoms with Gasteiger partial charge < -0.3 is 49.8 Å². The summed E-state index contributed by atoms with van der Waals surface area (Å²) in [6, 6.07) is 0. The van der Waals surface area contributed by atoms with Crippen molar-refractivity contribution >= 4 is 133 Å². The Bertz CT molecular complexity index is 1720. The van der Waals surface area contributed by atoms with Crippen molar-refractivity contribution in [1.82, 2.24) is 49.8 Å². The molecule has 0 aromatic rings. The number of halogens is 4. The van der Waals surface area contributed by atoms with Crippen molar-refractivity contribution in [2.45, 2.75) is 26.2 Å². The van der Waals surface area contributed by atoms with Gasteiger partial charge in [-0.1, -0.05) is 26.2 Å². The number of amides is 10. The lowest BCUT2D eigenvalue weighted by Crippen LogP contribution is -2.65. The molecular formula is C32H50Cl4N10O10Si4. The van der Waals surface area contributed by atoms with Gasteiger partial charge in [-0.15, -0.1) is 0 Å². The van der Waals surface area contributed by atoms with Crippen LogP contribution >= 0.6 is 44.3 Å². The van der Waals surface area contributed by atoms with Crippen LogP contribution in [-0.2, 0) is 47.9 Å². The third-order valence-corrected chi connectivity index (χ3v) is 21.7. The van der Waals surface area contributed by atoms with Crippen LogP contribution in [0.1, 0.15) is 0 Å². The highest BCUT2D eigenvalue weighted by molar-refractivity contribution is 7.21. The Morgan fingerprint density at radius 3 is 0.683 bits per heavy atom. The molecule has 5 fully saturated rings. The van der Waals surface area contributed by atoms with Crippen molar-refractivity contribution in [3.63, 3.8) is 0 Å². The zero-order valence-electron chi connectivity index (χ0n) is 33.9. The normalized spacial score (nSPS) is 24.1. The smallest absolute Gasteiger partial charge is 0.242 e. The molecule has 5 aliphatic heterocycles. The van der Waals surface area contributed by atoms with E-state index in [9.17, 15) is 47.9 Å². The average Bonchev–Trinajstić information content (AvgIpc) is 3.10. The van der Waals surface area contributed by atoms with E-state index >= 15 is 0 Å². The molecule has 5 rings (SSSR count). The van der Waals surface area contributed by atoms with Crippen LogP contribution in [0.5, 0.6) is 0 Å². The highest BCUT2D eigenvalue weighted by atomic mass is 35.6. The first kappa shape index (κ1) is 47.8. The number of nitrogens with one attached hydrogen (secondary N) is 2. The Morgan fingerprint density at radius 1 is 0.333 bits per heavy atom. The van der Waals surface area contributed by atoms with E-state index in [-0.39, 0.29) is 174 Å². The van der Waals surface area contributed by atoms with Crippen LogP contribution in [0.3, 0.4) is 0 Å². The van der Waals surface area contributed by atoms with Crippen LogP contribution in [0, 0.1) is 0 Å². The second kappa shape index (κ2) is 18.6. The first-order valence-corrected chi connectivity index (χ1v) is 34.9. The Labute approximate surface area is 369 Å². The maximum atomic E-state index is 13.4. The van der Waals surface area contributed by atoms with E-state index in [0.29, 0.717) is 0 Å². The molecular weight excluding hydrogens is 939 g/mol. The SMILES string of the molecule is C[Si](Cl)(CN1CC(=O)NCC1=O)CN1CC(=O)N(C[Si](C)(Cl)CN2CC(=O)N(C[Si](C)(Cl)CN3CC(=O)N(C[Si](C)(Cl)CN4CC(=O)NCC4=O)CC3=O)CC2=O)CC1=O. The Kier molecular flexibility index (Phi) is 14.8. The van der Waals surface area contributed by atoms with Gasteiger partial charge in [0.05, 0.1) is 65.4 Å². The lowest BCUT2D eigenvalue weighted by atomic mass is 10.3. The molecule has 0 saturated carbocycles. The Morgan fingerprint density at radius 2 is 0.500 bits per heavy atom. The zero-order chi connectivity index (χ0) is 44.5. The lowest BCUT2D eigenvalue weighted by molar-refractivity contribution is -0.149. The van der Waals surface area contributed by atoms with Crippen LogP contribution in [0.2, 0.25) is 26.2 Å². The largest absolute Gasteiger partial charge is 0.345 e. The molecule has 5 saturated heterocycles. The fraction of sp³-hybridized carbons (Fsp3) is 0.688. The molecule has 0 radical (unpaired) electrons. The first-order valence-electron chi connectivity index (χ1n) is 19.2. The molecule has 5 aliphatic rings. The van der Waals surface area contributed by atoms with E-state index in [1.807, 2.05) is 0 Å². The molecule has 20 nitrogen and oxygen atoms in total. The van der Waals surface area contributed by atoms with Crippen molar-refractivity contribution in [2.75, 3.05) is 115 Å². The van der Waals surface area contributed by atoms with Gasteiger partial charge in [0.2, 0.25) is 59.1 Å². The monoisotopic (exact) mass is 986 g/mol. The Balaban J connectivity index is 1.07. The molecule has 5 heterocycles. The van der Waals surface area contributed by atoms with Gasteiger partial charge >= 0.3 is 0 Å². The van der Waals surface area contributed by atoms with Crippen LogP contribution < -0.4 is 10.6 Å². The van der Waals surface area contributed by atoms with E-state index in [4.69, 9.17) is 44.3 Å². The fourth-order valence-corrected chi connectivity index (χ4v) is 20.4. The molecule has 4 unspecified atom stereocenters. The van der Waals surface area contributed by atoms with Crippen LogP contribution in [0.25, 0.3) is 0 Å². The molecule has 10 amide bonds. The van der Waals surface area contributed by atoms with Crippen molar-refractivity contribution in [3.8, 4) is 0 Å². The van der Waals surface area contributed by atoms with Crippen LogP contribution in [0.15, 0.2) is 0 Å². The molecule has 0 spiro atoms. The summed E-state index contributed by atoms with van der Waals surface area (Å²) in [4.78, 5) is 139. The van der Waals surface area contributed by atoms with Crippen molar-refractivity contribution in [1.29, 1.82) is 0 Å². The number of carbonyl (C=O) groups is 10. The Hall–Kier alpha value is -3.27. The molecule has 332 valence electrons. The summed E-state index contributed by atoms with van der Waals surface area (Å²) >= 11 is 27.6. The predicted octanol–water partition coefficient (Wildman–Crippen LogP) is -3.51. The number of hydrogen-bond acceptors (Lipinski definition) is 10.